The lowest BCUT2D eigenvalue weighted by Gasteiger charge is -2.36. The van der Waals surface area contributed by atoms with E-state index in [1.54, 1.807) is 14.2 Å². The lowest BCUT2D eigenvalue weighted by molar-refractivity contribution is 0.174. The Bertz CT molecular complexity index is 820. The number of nitrogens with one attached hydrogen (secondary N) is 1. The van der Waals surface area contributed by atoms with Crippen molar-refractivity contribution in [3.8, 4) is 11.5 Å². The molecule has 0 amide bonds. The van der Waals surface area contributed by atoms with Crippen molar-refractivity contribution in [3.63, 3.8) is 0 Å². The maximum atomic E-state index is 5.62. The van der Waals surface area contributed by atoms with Gasteiger partial charge in [0.05, 0.1) is 14.2 Å². The van der Waals surface area contributed by atoms with Gasteiger partial charge in [0.15, 0.2) is 16.6 Å². The molecular formula is C23H31N3O2S. The van der Waals surface area contributed by atoms with E-state index in [9.17, 15) is 0 Å². The summed E-state index contributed by atoms with van der Waals surface area (Å²) in [5.74, 6) is 1.51. The molecule has 2 aromatic rings. The molecule has 0 bridgehead atoms. The first kappa shape index (κ1) is 21.4. The van der Waals surface area contributed by atoms with Crippen LogP contribution < -0.4 is 14.8 Å². The maximum Gasteiger partial charge on any atom is 0.169 e. The van der Waals surface area contributed by atoms with Crippen LogP contribution in [0.25, 0.3) is 0 Å². The summed E-state index contributed by atoms with van der Waals surface area (Å²) >= 11 is 5.62. The number of rotatable bonds is 7. The Kier molecular flexibility index (Phi) is 7.72. The van der Waals surface area contributed by atoms with Crippen LogP contribution in [-0.4, -0.2) is 61.9 Å². The first-order valence-corrected chi connectivity index (χ1v) is 10.5. The van der Waals surface area contributed by atoms with Gasteiger partial charge in [-0.15, -0.1) is 0 Å². The number of aryl methyl sites for hydroxylation is 1. The normalized spacial score (nSPS) is 14.5. The van der Waals surface area contributed by atoms with Gasteiger partial charge in [-0.05, 0) is 54.4 Å². The topological polar surface area (TPSA) is 37.0 Å². The lowest BCUT2D eigenvalue weighted by atomic mass is 10.1. The second-order valence-corrected chi connectivity index (χ2v) is 7.75. The lowest BCUT2D eigenvalue weighted by Crippen LogP contribution is -2.51. The molecule has 1 saturated heterocycles. The molecule has 1 fully saturated rings. The molecule has 0 unspecified atom stereocenters. The fraction of sp³-hybridized carbons (Fsp3) is 0.435. The molecule has 29 heavy (non-hydrogen) atoms. The standard InChI is InChI=1S/C23H31N3O2S/c1-18-6-4-5-7-20(18)17-25-12-14-26(15-13-25)23(29)24-11-10-19-8-9-21(27-2)22(16-19)28-3/h4-9,16H,10-15,17H2,1-3H3,(H,24,29). The SMILES string of the molecule is COc1ccc(CCNC(=S)N2CCN(Cc3ccccc3C)CC2)cc1OC. The van der Waals surface area contributed by atoms with Crippen molar-refractivity contribution >= 4 is 17.3 Å². The van der Waals surface area contributed by atoms with Crippen LogP contribution in [0.5, 0.6) is 11.5 Å². The first-order valence-electron chi connectivity index (χ1n) is 10.1. The minimum Gasteiger partial charge on any atom is -0.493 e. The molecule has 0 radical (unpaired) electrons. The van der Waals surface area contributed by atoms with Crippen LogP contribution in [0.2, 0.25) is 0 Å². The second-order valence-electron chi connectivity index (χ2n) is 7.36. The Hall–Kier alpha value is -2.31. The van der Waals surface area contributed by atoms with E-state index in [4.69, 9.17) is 21.7 Å². The van der Waals surface area contributed by atoms with Crippen LogP contribution in [0.4, 0.5) is 0 Å². The van der Waals surface area contributed by atoms with Gasteiger partial charge in [0.2, 0.25) is 0 Å². The zero-order valence-electron chi connectivity index (χ0n) is 17.6. The Morgan fingerprint density at radius 2 is 1.72 bits per heavy atom. The summed E-state index contributed by atoms with van der Waals surface area (Å²) in [6.45, 7) is 8.00. The summed E-state index contributed by atoms with van der Waals surface area (Å²) in [5, 5.41) is 4.26. The van der Waals surface area contributed by atoms with E-state index in [1.165, 1.54) is 16.7 Å². The Morgan fingerprint density at radius 1 is 1.00 bits per heavy atom. The molecule has 1 heterocycles. The Labute approximate surface area is 179 Å². The Morgan fingerprint density at radius 3 is 2.41 bits per heavy atom. The van der Waals surface area contributed by atoms with Gasteiger partial charge in [0, 0.05) is 39.3 Å². The van der Waals surface area contributed by atoms with Crippen LogP contribution in [0.1, 0.15) is 16.7 Å². The van der Waals surface area contributed by atoms with Gasteiger partial charge in [-0.25, -0.2) is 0 Å². The number of nitrogens with zero attached hydrogens (tertiary/aromatic N) is 2. The molecular weight excluding hydrogens is 382 g/mol. The number of benzene rings is 2. The van der Waals surface area contributed by atoms with Crippen LogP contribution >= 0.6 is 12.2 Å². The first-order chi connectivity index (χ1) is 14.1. The predicted molar refractivity (Wildman–Crippen MR) is 122 cm³/mol. The summed E-state index contributed by atoms with van der Waals surface area (Å²) in [4.78, 5) is 4.78. The highest BCUT2D eigenvalue weighted by Gasteiger charge is 2.19. The average molecular weight is 414 g/mol. The maximum absolute atomic E-state index is 5.62. The molecule has 0 aromatic heterocycles. The van der Waals surface area contributed by atoms with Gasteiger partial charge < -0.3 is 19.7 Å². The van der Waals surface area contributed by atoms with Crippen LogP contribution in [-0.2, 0) is 13.0 Å². The highest BCUT2D eigenvalue weighted by atomic mass is 32.1. The predicted octanol–water partition coefficient (Wildman–Crippen LogP) is 3.25. The van der Waals surface area contributed by atoms with E-state index >= 15 is 0 Å². The van der Waals surface area contributed by atoms with E-state index in [0.29, 0.717) is 0 Å². The molecule has 1 aliphatic rings. The molecule has 5 nitrogen and oxygen atoms in total. The van der Waals surface area contributed by atoms with Gasteiger partial charge in [-0.2, -0.15) is 0 Å². The van der Waals surface area contributed by atoms with Crippen molar-refractivity contribution in [2.45, 2.75) is 19.9 Å². The zero-order valence-corrected chi connectivity index (χ0v) is 18.4. The van der Waals surface area contributed by atoms with E-state index < -0.39 is 0 Å². The number of thiocarbonyl (C=S) groups is 1. The van der Waals surface area contributed by atoms with Gasteiger partial charge in [0.1, 0.15) is 0 Å². The summed E-state index contributed by atoms with van der Waals surface area (Å²) in [6, 6.07) is 14.7. The minimum absolute atomic E-state index is 0.753. The molecule has 0 spiro atoms. The van der Waals surface area contributed by atoms with E-state index in [1.807, 2.05) is 12.1 Å². The van der Waals surface area contributed by atoms with Crippen molar-refractivity contribution in [2.24, 2.45) is 0 Å². The van der Waals surface area contributed by atoms with Crippen LogP contribution in [0.3, 0.4) is 0 Å². The number of ether oxygens (including phenoxy) is 2. The van der Waals surface area contributed by atoms with Crippen LogP contribution in [0.15, 0.2) is 42.5 Å². The summed E-state index contributed by atoms with van der Waals surface area (Å²) in [5.41, 5.74) is 3.97. The molecule has 156 valence electrons. The van der Waals surface area contributed by atoms with Gasteiger partial charge in [-0.1, -0.05) is 30.3 Å². The minimum atomic E-state index is 0.753. The van der Waals surface area contributed by atoms with Crippen LogP contribution in [0, 0.1) is 6.92 Å². The van der Waals surface area contributed by atoms with E-state index in [0.717, 1.165) is 62.3 Å². The Balaban J connectivity index is 1.41. The number of piperazine rings is 1. The quantitative estimate of drug-likeness (QED) is 0.703. The smallest absolute Gasteiger partial charge is 0.169 e. The third-order valence-electron chi connectivity index (χ3n) is 5.45. The number of hydrogen-bond acceptors (Lipinski definition) is 4. The van der Waals surface area contributed by atoms with E-state index in [2.05, 4.69) is 52.4 Å². The summed E-state index contributed by atoms with van der Waals surface area (Å²) < 4.78 is 10.7. The number of hydrogen-bond donors (Lipinski definition) is 1. The largest absolute Gasteiger partial charge is 0.493 e. The third-order valence-corrected chi connectivity index (χ3v) is 5.86. The fourth-order valence-corrected chi connectivity index (χ4v) is 3.88. The third kappa shape index (κ3) is 5.84. The average Bonchev–Trinajstić information content (AvgIpc) is 2.75. The zero-order chi connectivity index (χ0) is 20.6. The number of methoxy groups -OCH3 is 2. The summed E-state index contributed by atoms with van der Waals surface area (Å²) in [7, 11) is 3.31. The molecule has 3 rings (SSSR count). The molecule has 0 aliphatic carbocycles. The van der Waals surface area contributed by atoms with Crippen molar-refractivity contribution in [2.75, 3.05) is 46.9 Å². The fourth-order valence-electron chi connectivity index (χ4n) is 3.60. The highest BCUT2D eigenvalue weighted by Crippen LogP contribution is 2.27. The molecule has 0 saturated carbocycles. The van der Waals surface area contributed by atoms with Crippen molar-refractivity contribution in [3.05, 3.63) is 59.2 Å². The summed E-state index contributed by atoms with van der Waals surface area (Å²) in [6.07, 6.45) is 0.883. The van der Waals surface area contributed by atoms with Gasteiger partial charge in [0.25, 0.3) is 0 Å². The molecule has 1 N–H and O–H groups in total. The molecule has 1 aliphatic heterocycles. The van der Waals surface area contributed by atoms with Gasteiger partial charge >= 0.3 is 0 Å². The molecule has 2 aromatic carbocycles. The monoisotopic (exact) mass is 413 g/mol. The van der Waals surface area contributed by atoms with Gasteiger partial charge in [-0.3, -0.25) is 4.90 Å². The van der Waals surface area contributed by atoms with E-state index in [-0.39, 0.29) is 0 Å². The van der Waals surface area contributed by atoms with Crippen molar-refractivity contribution < 1.29 is 9.47 Å². The highest BCUT2D eigenvalue weighted by molar-refractivity contribution is 7.80. The molecule has 0 atom stereocenters. The molecule has 6 heteroatoms. The van der Waals surface area contributed by atoms with Crippen molar-refractivity contribution in [1.82, 2.24) is 15.1 Å². The van der Waals surface area contributed by atoms with Crippen molar-refractivity contribution in [1.29, 1.82) is 0 Å². The second kappa shape index (κ2) is 10.5.